The monoisotopic (exact) mass is 490 g/mol. The topological polar surface area (TPSA) is 116 Å². The van der Waals surface area contributed by atoms with Crippen LogP contribution in [0.4, 0.5) is 11.5 Å². The number of H-pyrrole nitrogens is 1. The molecule has 0 aliphatic heterocycles. The van der Waals surface area contributed by atoms with E-state index in [0.29, 0.717) is 35.4 Å². The van der Waals surface area contributed by atoms with E-state index >= 15 is 0 Å². The second-order valence-electron chi connectivity index (χ2n) is 10.4. The Bertz CT molecular complexity index is 1310. The van der Waals surface area contributed by atoms with Gasteiger partial charge in [-0.15, -0.1) is 0 Å². The summed E-state index contributed by atoms with van der Waals surface area (Å²) in [6, 6.07) is 8.42. The number of nitrogens with one attached hydrogen (secondary N) is 3. The largest absolute Gasteiger partial charge is 0.382 e. The first kappa shape index (κ1) is 25.7. The number of hydrogen-bond donors (Lipinski definition) is 4. The van der Waals surface area contributed by atoms with Crippen LogP contribution in [0.3, 0.4) is 0 Å². The number of rotatable bonds is 8. The predicted octanol–water partition coefficient (Wildman–Crippen LogP) is 4.17. The van der Waals surface area contributed by atoms with Gasteiger partial charge in [0.1, 0.15) is 5.82 Å². The van der Waals surface area contributed by atoms with Crippen molar-refractivity contribution in [1.29, 1.82) is 0 Å². The lowest BCUT2D eigenvalue weighted by molar-refractivity contribution is 0.100. The lowest BCUT2D eigenvalue weighted by atomic mass is 9.81. The van der Waals surface area contributed by atoms with Gasteiger partial charge in [0.05, 0.1) is 0 Å². The third-order valence-corrected chi connectivity index (χ3v) is 7.65. The molecule has 1 unspecified atom stereocenters. The Balaban J connectivity index is 1.62. The van der Waals surface area contributed by atoms with Crippen molar-refractivity contribution in [3.63, 3.8) is 0 Å². The number of aromatic nitrogens is 2. The van der Waals surface area contributed by atoms with Gasteiger partial charge in [0, 0.05) is 58.1 Å². The maximum Gasteiger partial charge on any atom is 0.253 e. The van der Waals surface area contributed by atoms with E-state index in [1.165, 1.54) is 25.7 Å². The standard InChI is InChI=1S/C28H38N6O2/c1-16-12-17(2)32-28(36)24(16)15-31-27-23-13-20(26(29)35)14-25(22(23)10-11-30-27)33-18(3)19-6-8-21(9-7-19)34(4)5/h10-14,18-19,21,33H,6-9,15H2,1-5H3,(H2,29,35)(H,30,31)(H,32,36). The van der Waals surface area contributed by atoms with Crippen LogP contribution in [-0.4, -0.2) is 47.0 Å². The van der Waals surface area contributed by atoms with Crippen LogP contribution in [0.1, 0.15) is 59.8 Å². The average Bonchev–Trinajstić information content (AvgIpc) is 2.83. The first-order chi connectivity index (χ1) is 17.1. The van der Waals surface area contributed by atoms with E-state index in [-0.39, 0.29) is 11.6 Å². The van der Waals surface area contributed by atoms with Crippen molar-refractivity contribution in [2.75, 3.05) is 24.7 Å². The first-order valence-corrected chi connectivity index (χ1v) is 12.7. The number of aryl methyl sites for hydroxylation is 2. The van der Waals surface area contributed by atoms with E-state index in [9.17, 15) is 9.59 Å². The zero-order chi connectivity index (χ0) is 26.0. The van der Waals surface area contributed by atoms with Crippen LogP contribution in [-0.2, 0) is 6.54 Å². The number of anilines is 2. The molecule has 1 saturated carbocycles. The smallest absolute Gasteiger partial charge is 0.253 e. The molecule has 4 rings (SSSR count). The number of carbonyl (C=O) groups is 1. The fraction of sp³-hybridized carbons (Fsp3) is 0.464. The number of benzene rings is 1. The second kappa shape index (κ2) is 10.7. The van der Waals surface area contributed by atoms with Gasteiger partial charge in [0.25, 0.3) is 5.56 Å². The van der Waals surface area contributed by atoms with Crippen molar-refractivity contribution in [2.24, 2.45) is 11.7 Å². The number of amides is 1. The van der Waals surface area contributed by atoms with Gasteiger partial charge in [0.15, 0.2) is 0 Å². The molecular weight excluding hydrogens is 452 g/mol. The Morgan fingerprint density at radius 1 is 1.17 bits per heavy atom. The zero-order valence-corrected chi connectivity index (χ0v) is 21.9. The van der Waals surface area contributed by atoms with Gasteiger partial charge in [-0.25, -0.2) is 4.98 Å². The SMILES string of the molecule is Cc1cc(C)c(CNc2nccc3c(NC(C)C4CCC(N(C)C)CC4)cc(C(N)=O)cc23)c(=O)[nH]1. The Morgan fingerprint density at radius 2 is 1.89 bits per heavy atom. The number of hydrogen-bond acceptors (Lipinski definition) is 6. The van der Waals surface area contributed by atoms with Crippen LogP contribution < -0.4 is 21.9 Å². The van der Waals surface area contributed by atoms with Crippen molar-refractivity contribution in [3.8, 4) is 0 Å². The first-order valence-electron chi connectivity index (χ1n) is 12.7. The molecular formula is C28H38N6O2. The fourth-order valence-electron chi connectivity index (χ4n) is 5.44. The zero-order valence-electron chi connectivity index (χ0n) is 21.9. The van der Waals surface area contributed by atoms with Gasteiger partial charge in [0.2, 0.25) is 5.91 Å². The highest BCUT2D eigenvalue weighted by atomic mass is 16.1. The quantitative estimate of drug-likeness (QED) is 0.377. The number of pyridine rings is 2. The van der Waals surface area contributed by atoms with Crippen molar-refractivity contribution in [1.82, 2.24) is 14.9 Å². The molecule has 8 heteroatoms. The summed E-state index contributed by atoms with van der Waals surface area (Å²) in [4.78, 5) is 34.4. The molecule has 1 fully saturated rings. The van der Waals surface area contributed by atoms with Crippen molar-refractivity contribution in [3.05, 3.63) is 63.2 Å². The molecule has 2 aromatic heterocycles. The molecule has 1 aliphatic rings. The van der Waals surface area contributed by atoms with Gasteiger partial charge < -0.3 is 26.3 Å². The summed E-state index contributed by atoms with van der Waals surface area (Å²) >= 11 is 0. The Morgan fingerprint density at radius 3 is 2.53 bits per heavy atom. The van der Waals surface area contributed by atoms with E-state index in [2.05, 4.69) is 46.5 Å². The minimum Gasteiger partial charge on any atom is -0.382 e. The Hall–Kier alpha value is -3.39. The molecule has 192 valence electrons. The summed E-state index contributed by atoms with van der Waals surface area (Å²) in [7, 11) is 4.31. The minimum absolute atomic E-state index is 0.113. The lowest BCUT2D eigenvalue weighted by Gasteiger charge is -2.36. The molecule has 1 atom stereocenters. The number of fused-ring (bicyclic) bond motifs is 1. The number of carbonyl (C=O) groups excluding carboxylic acids is 1. The van der Waals surface area contributed by atoms with Crippen molar-refractivity contribution in [2.45, 2.75) is 65.1 Å². The average molecular weight is 491 g/mol. The normalized spacial score (nSPS) is 18.8. The molecule has 1 amide bonds. The molecule has 2 heterocycles. The number of nitrogens with two attached hydrogens (primary N) is 1. The highest BCUT2D eigenvalue weighted by Gasteiger charge is 2.26. The molecule has 0 spiro atoms. The van der Waals surface area contributed by atoms with E-state index in [0.717, 1.165) is 27.7 Å². The Kier molecular flexibility index (Phi) is 7.64. The van der Waals surface area contributed by atoms with Crippen LogP contribution in [0.5, 0.6) is 0 Å². The third kappa shape index (κ3) is 5.54. The molecule has 1 aromatic carbocycles. The maximum atomic E-state index is 12.5. The summed E-state index contributed by atoms with van der Waals surface area (Å²) in [6.07, 6.45) is 6.48. The van der Waals surface area contributed by atoms with Crippen LogP contribution >= 0.6 is 0 Å². The van der Waals surface area contributed by atoms with Gasteiger partial charge in [-0.3, -0.25) is 9.59 Å². The van der Waals surface area contributed by atoms with Crippen molar-refractivity contribution >= 4 is 28.2 Å². The van der Waals surface area contributed by atoms with Gasteiger partial charge >= 0.3 is 0 Å². The minimum atomic E-state index is -0.486. The molecule has 0 saturated heterocycles. The molecule has 3 aromatic rings. The molecule has 0 radical (unpaired) electrons. The highest BCUT2D eigenvalue weighted by molar-refractivity contribution is 6.06. The van der Waals surface area contributed by atoms with E-state index in [1.807, 2.05) is 32.0 Å². The van der Waals surface area contributed by atoms with Crippen molar-refractivity contribution < 1.29 is 4.79 Å². The summed E-state index contributed by atoms with van der Waals surface area (Å²) in [5.74, 6) is 0.682. The lowest BCUT2D eigenvalue weighted by Crippen LogP contribution is -2.36. The van der Waals surface area contributed by atoms with Crippen LogP contribution in [0.25, 0.3) is 10.8 Å². The van der Waals surface area contributed by atoms with E-state index in [4.69, 9.17) is 5.73 Å². The Labute approximate surface area is 212 Å². The molecule has 0 bridgehead atoms. The summed E-state index contributed by atoms with van der Waals surface area (Å²) in [5.41, 5.74) is 9.29. The van der Waals surface area contributed by atoms with Gasteiger partial charge in [-0.1, -0.05) is 0 Å². The predicted molar refractivity (Wildman–Crippen MR) is 147 cm³/mol. The van der Waals surface area contributed by atoms with Gasteiger partial charge in [-0.05, 0) is 96.3 Å². The van der Waals surface area contributed by atoms with Crippen LogP contribution in [0.2, 0.25) is 0 Å². The molecule has 36 heavy (non-hydrogen) atoms. The molecule has 8 nitrogen and oxygen atoms in total. The maximum absolute atomic E-state index is 12.5. The number of primary amides is 1. The summed E-state index contributed by atoms with van der Waals surface area (Å²) in [5, 5.41) is 8.75. The molecule has 1 aliphatic carbocycles. The van der Waals surface area contributed by atoms with Gasteiger partial charge in [-0.2, -0.15) is 0 Å². The van der Waals surface area contributed by atoms with Crippen LogP contribution in [0.15, 0.2) is 35.3 Å². The fourth-order valence-corrected chi connectivity index (χ4v) is 5.44. The summed E-state index contributed by atoms with van der Waals surface area (Å²) < 4.78 is 0. The third-order valence-electron chi connectivity index (χ3n) is 7.65. The molecule has 5 N–H and O–H groups in total. The van der Waals surface area contributed by atoms with E-state index < -0.39 is 5.91 Å². The highest BCUT2D eigenvalue weighted by Crippen LogP contribution is 2.34. The van der Waals surface area contributed by atoms with E-state index in [1.54, 1.807) is 12.3 Å². The van der Waals surface area contributed by atoms with Crippen LogP contribution in [0, 0.1) is 19.8 Å². The second-order valence-corrected chi connectivity index (χ2v) is 10.4. The number of nitrogens with zero attached hydrogens (tertiary/aromatic N) is 2. The summed E-state index contributed by atoms with van der Waals surface area (Å²) in [6.45, 7) is 6.34. The number of aromatic amines is 1.